The second kappa shape index (κ2) is 4.02. The highest BCUT2D eigenvalue weighted by atomic mass is 19.4. The molecular weight excluding hydrogens is 256 g/mol. The van der Waals surface area contributed by atoms with Crippen molar-refractivity contribution in [1.82, 2.24) is 9.97 Å². The van der Waals surface area contributed by atoms with Crippen molar-refractivity contribution in [3.8, 4) is 0 Å². The summed E-state index contributed by atoms with van der Waals surface area (Å²) in [6.45, 7) is -1.21. The van der Waals surface area contributed by atoms with Crippen molar-refractivity contribution in [3.05, 3.63) is 17.1 Å². The molecule has 4 nitrogen and oxygen atoms in total. The third kappa shape index (κ3) is 2.75. The van der Waals surface area contributed by atoms with E-state index in [4.69, 9.17) is 10.8 Å². The molecule has 17 heavy (non-hydrogen) atoms. The first-order valence-corrected chi connectivity index (χ1v) is 3.99. The Morgan fingerprint density at radius 1 is 1.00 bits per heavy atom. The largest absolute Gasteiger partial charge is 0.451 e. The maximum atomic E-state index is 12.4. The van der Waals surface area contributed by atoms with Gasteiger partial charge in [-0.25, -0.2) is 9.97 Å². The van der Waals surface area contributed by atoms with Crippen LogP contribution in [0.4, 0.5) is 32.2 Å². The molecule has 0 fully saturated rings. The van der Waals surface area contributed by atoms with Gasteiger partial charge in [0.2, 0.25) is 5.82 Å². The second-order valence-corrected chi connectivity index (χ2v) is 2.91. The highest BCUT2D eigenvalue weighted by molar-refractivity contribution is 5.43. The van der Waals surface area contributed by atoms with Crippen LogP contribution >= 0.6 is 0 Å². The van der Waals surface area contributed by atoms with E-state index in [1.165, 1.54) is 0 Å². The average Bonchev–Trinajstić information content (AvgIpc) is 2.13. The molecule has 1 aromatic rings. The minimum Gasteiger partial charge on any atom is -0.391 e. The van der Waals surface area contributed by atoms with Gasteiger partial charge in [-0.2, -0.15) is 26.3 Å². The highest BCUT2D eigenvalue weighted by Crippen LogP contribution is 2.35. The summed E-state index contributed by atoms with van der Waals surface area (Å²) in [4.78, 5) is 5.02. The summed E-state index contributed by atoms with van der Waals surface area (Å²) in [5.74, 6) is -3.05. The summed E-state index contributed by atoms with van der Waals surface area (Å²) in [6, 6.07) is 0. The Bertz CT molecular complexity index is 427. The molecule has 0 amide bonds. The summed E-state index contributed by atoms with van der Waals surface area (Å²) >= 11 is 0. The van der Waals surface area contributed by atoms with Crippen LogP contribution in [-0.4, -0.2) is 15.1 Å². The van der Waals surface area contributed by atoms with Crippen LogP contribution in [0.25, 0.3) is 0 Å². The number of nitrogens with two attached hydrogens (primary N) is 1. The van der Waals surface area contributed by atoms with Gasteiger partial charge in [0.15, 0.2) is 5.69 Å². The summed E-state index contributed by atoms with van der Waals surface area (Å²) < 4.78 is 73.6. The van der Waals surface area contributed by atoms with E-state index in [2.05, 4.69) is 9.97 Å². The third-order valence-corrected chi connectivity index (χ3v) is 1.72. The van der Waals surface area contributed by atoms with Crippen LogP contribution < -0.4 is 5.73 Å². The normalized spacial score (nSPS) is 12.9. The first-order valence-electron chi connectivity index (χ1n) is 3.99. The summed E-state index contributed by atoms with van der Waals surface area (Å²) in [7, 11) is 0. The van der Waals surface area contributed by atoms with E-state index in [-0.39, 0.29) is 0 Å². The molecule has 0 bridgehead atoms. The predicted molar refractivity (Wildman–Crippen MR) is 42.4 cm³/mol. The van der Waals surface area contributed by atoms with E-state index >= 15 is 0 Å². The molecular formula is C7H5F6N3O. The Morgan fingerprint density at radius 3 is 1.88 bits per heavy atom. The number of alkyl halides is 6. The van der Waals surface area contributed by atoms with Crippen LogP contribution in [0.15, 0.2) is 0 Å². The van der Waals surface area contributed by atoms with Gasteiger partial charge in [0.1, 0.15) is 5.82 Å². The number of aromatic nitrogens is 2. The van der Waals surface area contributed by atoms with E-state index in [1.54, 1.807) is 0 Å². The Labute approximate surface area is 90.1 Å². The lowest BCUT2D eigenvalue weighted by atomic mass is 10.2. The Hall–Kier alpha value is -1.58. The zero-order valence-corrected chi connectivity index (χ0v) is 7.89. The topological polar surface area (TPSA) is 72.0 Å². The Balaban J connectivity index is 3.51. The molecule has 10 heteroatoms. The van der Waals surface area contributed by atoms with Crippen molar-refractivity contribution >= 4 is 5.82 Å². The fraction of sp³-hybridized carbons (Fsp3) is 0.429. The Kier molecular flexibility index (Phi) is 3.19. The van der Waals surface area contributed by atoms with Gasteiger partial charge in [0.25, 0.3) is 0 Å². The van der Waals surface area contributed by atoms with Crippen LogP contribution in [0.2, 0.25) is 0 Å². The van der Waals surface area contributed by atoms with E-state index < -0.39 is 41.9 Å². The average molecular weight is 261 g/mol. The van der Waals surface area contributed by atoms with Gasteiger partial charge in [-0.05, 0) is 0 Å². The standard InChI is InChI=1S/C7H5F6N3O/c8-6(9,10)3-2(1-17)4(14)16-5(15-3)7(11,12)13/h17H,1H2,(H2,14,15,16). The number of halogens is 6. The number of aliphatic hydroxyl groups is 1. The summed E-state index contributed by atoms with van der Waals surface area (Å²) in [5, 5.41) is 8.62. The fourth-order valence-corrected chi connectivity index (χ4v) is 1.02. The molecule has 0 spiro atoms. The minimum absolute atomic E-state index is 0.981. The molecule has 3 N–H and O–H groups in total. The zero-order chi connectivity index (χ0) is 13.4. The molecule has 0 aliphatic heterocycles. The first kappa shape index (κ1) is 13.5. The van der Waals surface area contributed by atoms with Crippen LogP contribution in [-0.2, 0) is 19.0 Å². The van der Waals surface area contributed by atoms with Gasteiger partial charge in [0, 0.05) is 0 Å². The van der Waals surface area contributed by atoms with Gasteiger partial charge >= 0.3 is 12.4 Å². The molecule has 0 aliphatic rings. The molecule has 1 rings (SSSR count). The molecule has 0 saturated carbocycles. The van der Waals surface area contributed by atoms with Crippen molar-refractivity contribution < 1.29 is 31.4 Å². The third-order valence-electron chi connectivity index (χ3n) is 1.72. The van der Waals surface area contributed by atoms with E-state index in [0.29, 0.717) is 0 Å². The molecule has 0 saturated heterocycles. The highest BCUT2D eigenvalue weighted by Gasteiger charge is 2.42. The van der Waals surface area contributed by atoms with E-state index in [1.807, 2.05) is 0 Å². The van der Waals surface area contributed by atoms with Crippen LogP contribution in [0.1, 0.15) is 17.1 Å². The van der Waals surface area contributed by atoms with Gasteiger partial charge in [0.05, 0.1) is 12.2 Å². The van der Waals surface area contributed by atoms with Crippen molar-refractivity contribution in [3.63, 3.8) is 0 Å². The maximum absolute atomic E-state index is 12.4. The van der Waals surface area contributed by atoms with Gasteiger partial charge in [-0.3, -0.25) is 0 Å². The smallest absolute Gasteiger partial charge is 0.391 e. The molecule has 1 heterocycles. The lowest BCUT2D eigenvalue weighted by molar-refractivity contribution is -0.153. The lowest BCUT2D eigenvalue weighted by Gasteiger charge is -2.14. The summed E-state index contributed by atoms with van der Waals surface area (Å²) in [5.41, 5.74) is 2.04. The van der Waals surface area contributed by atoms with E-state index in [9.17, 15) is 26.3 Å². The number of aliphatic hydroxyl groups excluding tert-OH is 1. The molecule has 0 atom stereocenters. The molecule has 0 radical (unpaired) electrons. The number of anilines is 1. The molecule has 0 unspecified atom stereocenters. The number of hydrogen-bond acceptors (Lipinski definition) is 4. The Morgan fingerprint density at radius 2 is 1.53 bits per heavy atom. The monoisotopic (exact) mass is 261 g/mol. The van der Waals surface area contributed by atoms with Crippen LogP contribution in [0, 0.1) is 0 Å². The molecule has 0 aliphatic carbocycles. The molecule has 0 aromatic carbocycles. The zero-order valence-electron chi connectivity index (χ0n) is 7.89. The van der Waals surface area contributed by atoms with Gasteiger partial charge in [-0.1, -0.05) is 0 Å². The maximum Gasteiger partial charge on any atom is 0.451 e. The number of nitrogen functional groups attached to an aromatic ring is 1. The van der Waals surface area contributed by atoms with Crippen LogP contribution in [0.3, 0.4) is 0 Å². The molecule has 1 aromatic heterocycles. The van der Waals surface area contributed by atoms with Crippen LogP contribution in [0.5, 0.6) is 0 Å². The first-order chi connectivity index (χ1) is 7.57. The number of hydrogen-bond donors (Lipinski definition) is 2. The minimum atomic E-state index is -5.16. The quantitative estimate of drug-likeness (QED) is 0.753. The van der Waals surface area contributed by atoms with Crippen molar-refractivity contribution in [1.29, 1.82) is 0 Å². The number of rotatable bonds is 1. The van der Waals surface area contributed by atoms with Gasteiger partial charge < -0.3 is 10.8 Å². The SMILES string of the molecule is Nc1nc(C(F)(F)F)nc(C(F)(F)F)c1CO. The van der Waals surface area contributed by atoms with Crippen molar-refractivity contribution in [2.75, 3.05) is 5.73 Å². The number of nitrogens with zero attached hydrogens (tertiary/aromatic N) is 2. The summed E-state index contributed by atoms with van der Waals surface area (Å²) in [6.07, 6.45) is -10.3. The lowest BCUT2D eigenvalue weighted by Crippen LogP contribution is -2.21. The second-order valence-electron chi connectivity index (χ2n) is 2.91. The van der Waals surface area contributed by atoms with E-state index in [0.717, 1.165) is 0 Å². The van der Waals surface area contributed by atoms with Gasteiger partial charge in [-0.15, -0.1) is 0 Å². The molecule has 96 valence electrons. The van der Waals surface area contributed by atoms with Crippen molar-refractivity contribution in [2.24, 2.45) is 0 Å². The predicted octanol–water partition coefficient (Wildman–Crippen LogP) is 1.59. The van der Waals surface area contributed by atoms with Crippen molar-refractivity contribution in [2.45, 2.75) is 19.0 Å². The fourth-order valence-electron chi connectivity index (χ4n) is 1.02.